The molecule has 0 radical (unpaired) electrons. The molecule has 19 heavy (non-hydrogen) atoms. The van der Waals surface area contributed by atoms with E-state index in [1.54, 1.807) is 0 Å². The van der Waals surface area contributed by atoms with Gasteiger partial charge in [-0.2, -0.15) is 0 Å². The third kappa shape index (κ3) is 2.84. The first-order valence-electron chi connectivity index (χ1n) is 6.62. The lowest BCUT2D eigenvalue weighted by Crippen LogP contribution is -2.13. The number of aryl methyl sites for hydroxylation is 1. The van der Waals surface area contributed by atoms with Crippen LogP contribution in [-0.4, -0.2) is 9.97 Å². The molecule has 1 aromatic heterocycles. The summed E-state index contributed by atoms with van der Waals surface area (Å²) in [6, 6.07) is 9.72. The summed E-state index contributed by atoms with van der Waals surface area (Å²) in [4.78, 5) is 18.9. The average molecular weight is 255 g/mol. The van der Waals surface area contributed by atoms with Crippen molar-refractivity contribution in [3.8, 4) is 0 Å². The van der Waals surface area contributed by atoms with E-state index in [9.17, 15) is 4.79 Å². The Balaban J connectivity index is 1.76. The van der Waals surface area contributed by atoms with Gasteiger partial charge in [-0.3, -0.25) is 4.79 Å². The number of aromatic nitrogens is 2. The molecule has 1 aliphatic rings. The molecule has 3 rings (SSSR count). The Bertz CT molecular complexity index is 644. The number of rotatable bonds is 4. The molecule has 0 amide bonds. The highest BCUT2D eigenvalue weighted by Crippen LogP contribution is 2.37. The van der Waals surface area contributed by atoms with E-state index in [-0.39, 0.29) is 5.56 Å². The molecule has 0 saturated heterocycles. The molecule has 98 valence electrons. The molecule has 1 heterocycles. The lowest BCUT2D eigenvalue weighted by atomic mass is 10.1. The summed E-state index contributed by atoms with van der Waals surface area (Å²) in [6.45, 7) is 2.77. The van der Waals surface area contributed by atoms with Crippen molar-refractivity contribution in [3.63, 3.8) is 0 Å². The van der Waals surface area contributed by atoms with Gasteiger partial charge < -0.3 is 10.3 Å². The van der Waals surface area contributed by atoms with E-state index in [2.05, 4.69) is 34.3 Å². The first kappa shape index (κ1) is 12.0. The largest absolute Gasteiger partial charge is 0.366 e. The number of hydrogen-bond donors (Lipinski definition) is 2. The molecule has 1 saturated carbocycles. The predicted octanol–water partition coefficient (Wildman–Crippen LogP) is 2.57. The summed E-state index contributed by atoms with van der Waals surface area (Å²) >= 11 is 0. The summed E-state index contributed by atoms with van der Waals surface area (Å²) in [6.07, 6.45) is 2.26. The van der Waals surface area contributed by atoms with Gasteiger partial charge in [-0.1, -0.05) is 24.3 Å². The third-order valence-corrected chi connectivity index (χ3v) is 3.45. The maximum Gasteiger partial charge on any atom is 0.252 e. The van der Waals surface area contributed by atoms with Gasteiger partial charge >= 0.3 is 0 Å². The molecule has 0 bridgehead atoms. The zero-order valence-electron chi connectivity index (χ0n) is 10.9. The van der Waals surface area contributed by atoms with E-state index in [4.69, 9.17) is 0 Å². The lowest BCUT2D eigenvalue weighted by Gasteiger charge is -2.09. The maximum atomic E-state index is 11.6. The van der Waals surface area contributed by atoms with Crippen LogP contribution in [0.25, 0.3) is 0 Å². The first-order chi connectivity index (χ1) is 9.22. The van der Waals surface area contributed by atoms with Crippen molar-refractivity contribution in [2.45, 2.75) is 32.2 Å². The van der Waals surface area contributed by atoms with Gasteiger partial charge in [-0.05, 0) is 30.9 Å². The number of nitrogens with one attached hydrogen (secondary N) is 2. The van der Waals surface area contributed by atoms with E-state index in [1.807, 2.05) is 12.1 Å². The number of nitrogens with zero attached hydrogens (tertiary/aromatic N) is 1. The Morgan fingerprint density at radius 2 is 2.16 bits per heavy atom. The second-order valence-electron chi connectivity index (χ2n) is 5.07. The minimum atomic E-state index is -0.0795. The van der Waals surface area contributed by atoms with Gasteiger partial charge in [0, 0.05) is 18.5 Å². The molecule has 0 unspecified atom stereocenters. The molecule has 0 atom stereocenters. The molecule has 0 spiro atoms. The van der Waals surface area contributed by atoms with Crippen molar-refractivity contribution in [3.05, 3.63) is 57.6 Å². The average Bonchev–Trinajstić information content (AvgIpc) is 3.21. The summed E-state index contributed by atoms with van der Waals surface area (Å²) in [5.74, 6) is 1.93. The fourth-order valence-electron chi connectivity index (χ4n) is 2.11. The Hall–Kier alpha value is -2.10. The number of H-pyrrole nitrogens is 1. The van der Waals surface area contributed by atoms with Crippen LogP contribution in [0.15, 0.2) is 35.1 Å². The van der Waals surface area contributed by atoms with E-state index in [0.717, 1.165) is 18.7 Å². The summed E-state index contributed by atoms with van der Waals surface area (Å²) < 4.78 is 0. The fourth-order valence-corrected chi connectivity index (χ4v) is 2.11. The molecule has 2 aromatic rings. The van der Waals surface area contributed by atoms with E-state index in [1.165, 1.54) is 17.2 Å². The zero-order valence-corrected chi connectivity index (χ0v) is 10.9. The van der Waals surface area contributed by atoms with Crippen molar-refractivity contribution in [2.24, 2.45) is 0 Å². The second kappa shape index (κ2) is 4.88. The standard InChI is InChI=1S/C15H17N3O/c1-10-4-2-3-5-12(10)9-16-13-8-14(19)18-15(17-13)11-6-7-11/h2-5,8,11H,6-7,9H2,1H3,(H2,16,17,18,19). The van der Waals surface area contributed by atoms with Crippen molar-refractivity contribution in [2.75, 3.05) is 5.32 Å². The van der Waals surface area contributed by atoms with Crippen molar-refractivity contribution < 1.29 is 0 Å². The van der Waals surface area contributed by atoms with Crippen LogP contribution >= 0.6 is 0 Å². The molecule has 1 fully saturated rings. The number of benzene rings is 1. The molecule has 1 aliphatic carbocycles. The fraction of sp³-hybridized carbons (Fsp3) is 0.333. The van der Waals surface area contributed by atoms with E-state index >= 15 is 0 Å². The molecule has 4 heteroatoms. The van der Waals surface area contributed by atoms with Crippen LogP contribution in [0.4, 0.5) is 5.82 Å². The minimum absolute atomic E-state index is 0.0795. The highest BCUT2D eigenvalue weighted by Gasteiger charge is 2.26. The zero-order chi connectivity index (χ0) is 13.2. The van der Waals surface area contributed by atoms with E-state index in [0.29, 0.717) is 18.3 Å². The van der Waals surface area contributed by atoms with Gasteiger partial charge in [-0.25, -0.2) is 4.98 Å². The van der Waals surface area contributed by atoms with Crippen LogP contribution in [-0.2, 0) is 6.54 Å². The van der Waals surface area contributed by atoms with Gasteiger partial charge in [0.1, 0.15) is 11.6 Å². The van der Waals surface area contributed by atoms with Gasteiger partial charge in [0.15, 0.2) is 0 Å². The van der Waals surface area contributed by atoms with Crippen molar-refractivity contribution in [1.82, 2.24) is 9.97 Å². The molecule has 0 aliphatic heterocycles. The first-order valence-corrected chi connectivity index (χ1v) is 6.62. The molecule has 4 nitrogen and oxygen atoms in total. The topological polar surface area (TPSA) is 57.8 Å². The van der Waals surface area contributed by atoms with E-state index < -0.39 is 0 Å². The van der Waals surface area contributed by atoms with Crippen LogP contribution in [0.5, 0.6) is 0 Å². The second-order valence-corrected chi connectivity index (χ2v) is 5.07. The highest BCUT2D eigenvalue weighted by molar-refractivity contribution is 5.37. The van der Waals surface area contributed by atoms with Crippen LogP contribution in [0.3, 0.4) is 0 Å². The molecule has 2 N–H and O–H groups in total. The van der Waals surface area contributed by atoms with Gasteiger partial charge in [0.05, 0.1) is 0 Å². The highest BCUT2D eigenvalue weighted by atomic mass is 16.1. The minimum Gasteiger partial charge on any atom is -0.366 e. The Morgan fingerprint density at radius 1 is 1.37 bits per heavy atom. The Kier molecular flexibility index (Phi) is 3.07. The van der Waals surface area contributed by atoms with Crippen molar-refractivity contribution >= 4 is 5.82 Å². The number of hydrogen-bond acceptors (Lipinski definition) is 3. The van der Waals surface area contributed by atoms with Crippen LogP contribution < -0.4 is 10.9 Å². The summed E-state index contributed by atoms with van der Waals surface area (Å²) in [5, 5.41) is 3.23. The van der Waals surface area contributed by atoms with Crippen LogP contribution in [0, 0.1) is 6.92 Å². The van der Waals surface area contributed by atoms with Crippen LogP contribution in [0.1, 0.15) is 35.7 Å². The van der Waals surface area contributed by atoms with Gasteiger partial charge in [0.2, 0.25) is 0 Å². The summed E-state index contributed by atoms with van der Waals surface area (Å²) in [5.41, 5.74) is 2.38. The lowest BCUT2D eigenvalue weighted by molar-refractivity contribution is 0.903. The summed E-state index contributed by atoms with van der Waals surface area (Å²) in [7, 11) is 0. The monoisotopic (exact) mass is 255 g/mol. The van der Waals surface area contributed by atoms with Crippen molar-refractivity contribution in [1.29, 1.82) is 0 Å². The quantitative estimate of drug-likeness (QED) is 0.882. The molecular weight excluding hydrogens is 238 g/mol. The predicted molar refractivity (Wildman–Crippen MR) is 75.3 cm³/mol. The maximum absolute atomic E-state index is 11.6. The van der Waals surface area contributed by atoms with Gasteiger partial charge in [0.25, 0.3) is 5.56 Å². The third-order valence-electron chi connectivity index (χ3n) is 3.45. The van der Waals surface area contributed by atoms with Crippen LogP contribution in [0.2, 0.25) is 0 Å². The molecular formula is C15H17N3O. The Morgan fingerprint density at radius 3 is 2.89 bits per heavy atom. The number of aromatic amines is 1. The smallest absolute Gasteiger partial charge is 0.252 e. The van der Waals surface area contributed by atoms with Gasteiger partial charge in [-0.15, -0.1) is 0 Å². The molecule has 1 aromatic carbocycles. The SMILES string of the molecule is Cc1ccccc1CNc1cc(=O)[nH]c(C2CC2)n1. The number of anilines is 1. The normalized spacial score (nSPS) is 14.4. The Labute approximate surface area is 111 Å².